The Balaban J connectivity index is 2.73. The van der Waals surface area contributed by atoms with Crippen LogP contribution in [0.2, 0.25) is 0 Å². The Hall–Kier alpha value is -1.20. The predicted octanol–water partition coefficient (Wildman–Crippen LogP) is 3.37. The number of fused-ring (bicyclic) bond motifs is 1. The zero-order chi connectivity index (χ0) is 12.4. The van der Waals surface area contributed by atoms with Crippen molar-refractivity contribution in [1.29, 1.82) is 0 Å². The molecule has 0 radical (unpaired) electrons. The van der Waals surface area contributed by atoms with Gasteiger partial charge in [0.25, 0.3) is 0 Å². The van der Waals surface area contributed by atoms with Crippen LogP contribution >= 0.6 is 15.9 Å². The molecule has 0 saturated heterocycles. The minimum atomic E-state index is -0.344. The van der Waals surface area contributed by atoms with E-state index in [0.29, 0.717) is 21.1 Å². The van der Waals surface area contributed by atoms with Crippen LogP contribution in [0.25, 0.3) is 10.9 Å². The largest absolute Gasteiger partial charge is 0.323 e. The first-order valence-corrected chi connectivity index (χ1v) is 6.20. The lowest BCUT2D eigenvalue weighted by Crippen LogP contribution is -2.09. The molecule has 0 aliphatic carbocycles. The Morgan fingerprint density at radius 1 is 1.41 bits per heavy atom. The monoisotopic (exact) mass is 297 g/mol. The molecule has 5 heteroatoms. The van der Waals surface area contributed by atoms with Gasteiger partial charge >= 0.3 is 0 Å². The number of hydrogen-bond donors (Lipinski definition) is 2. The van der Waals surface area contributed by atoms with Gasteiger partial charge in [0.15, 0.2) is 5.82 Å². The van der Waals surface area contributed by atoms with E-state index >= 15 is 0 Å². The fourth-order valence-corrected chi connectivity index (χ4v) is 2.24. The summed E-state index contributed by atoms with van der Waals surface area (Å²) < 4.78 is 14.5. The Labute approximate surface area is 107 Å². The number of rotatable bonds is 3. The number of benzene rings is 1. The van der Waals surface area contributed by atoms with Gasteiger partial charge in [0, 0.05) is 15.6 Å². The molecule has 0 aliphatic heterocycles. The van der Waals surface area contributed by atoms with Crippen LogP contribution in [0.5, 0.6) is 0 Å². The van der Waals surface area contributed by atoms with Gasteiger partial charge in [-0.25, -0.2) is 9.37 Å². The lowest BCUT2D eigenvalue weighted by atomic mass is 10.1. The van der Waals surface area contributed by atoms with Crippen LogP contribution in [0.1, 0.15) is 19.0 Å². The van der Waals surface area contributed by atoms with Crippen molar-refractivity contribution >= 4 is 32.5 Å². The molecule has 0 spiro atoms. The Morgan fingerprint density at radius 2 is 2.18 bits per heavy atom. The van der Waals surface area contributed by atoms with E-state index < -0.39 is 0 Å². The van der Waals surface area contributed by atoms with Crippen LogP contribution in [0.3, 0.4) is 0 Å². The fraction of sp³-hybridized carbons (Fsp3) is 0.250. The molecule has 0 bridgehead atoms. The van der Waals surface area contributed by atoms with Crippen LogP contribution in [0.4, 0.5) is 10.1 Å². The summed E-state index contributed by atoms with van der Waals surface area (Å²) in [5, 5.41) is 0.680. The number of halogens is 2. The Morgan fingerprint density at radius 3 is 2.82 bits per heavy atom. The number of anilines is 1. The number of aromatic nitrogens is 1. The maximum Gasteiger partial charge on any atom is 0.150 e. The third kappa shape index (κ3) is 2.40. The van der Waals surface area contributed by atoms with E-state index in [9.17, 15) is 4.39 Å². The summed E-state index contributed by atoms with van der Waals surface area (Å²) in [5.74, 6) is 5.12. The fourth-order valence-electron chi connectivity index (χ4n) is 1.81. The van der Waals surface area contributed by atoms with E-state index in [2.05, 4.69) is 33.3 Å². The minimum absolute atomic E-state index is 0.344. The second-order valence-electron chi connectivity index (χ2n) is 3.84. The first-order chi connectivity index (χ1) is 8.15. The number of hydrazine groups is 1. The predicted molar refractivity (Wildman–Crippen MR) is 71.2 cm³/mol. The number of nitrogen functional groups attached to an aromatic ring is 1. The minimum Gasteiger partial charge on any atom is -0.323 e. The molecule has 2 aromatic rings. The van der Waals surface area contributed by atoms with Crippen LogP contribution in [0, 0.1) is 5.82 Å². The van der Waals surface area contributed by atoms with Gasteiger partial charge in [0.05, 0.1) is 5.69 Å². The SMILES string of the molecule is CCCc1cc(NN)c2cc(Br)cc(F)c2n1. The molecule has 90 valence electrons. The Bertz CT molecular complexity index is 557. The third-order valence-corrected chi connectivity index (χ3v) is 3.00. The zero-order valence-corrected chi connectivity index (χ0v) is 11.0. The van der Waals surface area contributed by atoms with Gasteiger partial charge in [-0.05, 0) is 24.6 Å². The number of nitrogens with one attached hydrogen (secondary N) is 1. The first-order valence-electron chi connectivity index (χ1n) is 5.41. The zero-order valence-electron chi connectivity index (χ0n) is 9.43. The van der Waals surface area contributed by atoms with Crippen molar-refractivity contribution in [3.63, 3.8) is 0 Å². The average molecular weight is 298 g/mol. The highest BCUT2D eigenvalue weighted by atomic mass is 79.9. The van der Waals surface area contributed by atoms with E-state index in [1.807, 2.05) is 6.07 Å². The summed E-state index contributed by atoms with van der Waals surface area (Å²) in [6.07, 6.45) is 1.76. The summed E-state index contributed by atoms with van der Waals surface area (Å²) in [6.45, 7) is 2.05. The molecule has 1 heterocycles. The second kappa shape index (κ2) is 4.98. The maximum atomic E-state index is 13.8. The van der Waals surface area contributed by atoms with E-state index in [-0.39, 0.29) is 5.82 Å². The van der Waals surface area contributed by atoms with E-state index in [4.69, 9.17) is 5.84 Å². The molecular formula is C12H13BrFN3. The smallest absolute Gasteiger partial charge is 0.150 e. The van der Waals surface area contributed by atoms with Crippen molar-refractivity contribution in [1.82, 2.24) is 4.98 Å². The normalized spacial score (nSPS) is 10.8. The van der Waals surface area contributed by atoms with Crippen LogP contribution in [0.15, 0.2) is 22.7 Å². The average Bonchev–Trinajstić information content (AvgIpc) is 2.29. The molecule has 0 saturated carbocycles. The van der Waals surface area contributed by atoms with Crippen molar-refractivity contribution < 1.29 is 4.39 Å². The number of nitrogens with zero attached hydrogens (tertiary/aromatic N) is 1. The summed E-state index contributed by atoms with van der Waals surface area (Å²) >= 11 is 3.26. The van der Waals surface area contributed by atoms with Gasteiger partial charge < -0.3 is 5.43 Å². The molecule has 0 unspecified atom stereocenters. The Kier molecular flexibility index (Phi) is 3.59. The summed E-state index contributed by atoms with van der Waals surface area (Å²) in [5.41, 5.74) is 4.48. The summed E-state index contributed by atoms with van der Waals surface area (Å²) in [4.78, 5) is 4.32. The first kappa shape index (κ1) is 12.3. The molecule has 3 nitrogen and oxygen atoms in total. The van der Waals surface area contributed by atoms with Crippen molar-refractivity contribution in [2.45, 2.75) is 19.8 Å². The molecule has 2 rings (SSSR count). The summed E-state index contributed by atoms with van der Waals surface area (Å²) in [6, 6.07) is 5.07. The van der Waals surface area contributed by atoms with Crippen LogP contribution in [-0.2, 0) is 6.42 Å². The van der Waals surface area contributed by atoms with Crippen molar-refractivity contribution in [3.8, 4) is 0 Å². The second-order valence-corrected chi connectivity index (χ2v) is 4.75. The molecule has 0 amide bonds. The van der Waals surface area contributed by atoms with Crippen molar-refractivity contribution in [2.24, 2.45) is 5.84 Å². The van der Waals surface area contributed by atoms with Gasteiger partial charge in [0.1, 0.15) is 5.52 Å². The number of aryl methyl sites for hydroxylation is 1. The van der Waals surface area contributed by atoms with Gasteiger partial charge in [-0.1, -0.05) is 29.3 Å². The van der Waals surface area contributed by atoms with Crippen LogP contribution < -0.4 is 11.3 Å². The van der Waals surface area contributed by atoms with Gasteiger partial charge in [-0.15, -0.1) is 0 Å². The molecule has 3 N–H and O–H groups in total. The van der Waals surface area contributed by atoms with Gasteiger partial charge in [0.2, 0.25) is 0 Å². The van der Waals surface area contributed by atoms with Gasteiger partial charge in [-0.2, -0.15) is 0 Å². The molecule has 1 aromatic carbocycles. The van der Waals surface area contributed by atoms with Crippen molar-refractivity contribution in [2.75, 3.05) is 5.43 Å². The highest BCUT2D eigenvalue weighted by Gasteiger charge is 2.10. The standard InChI is InChI=1S/C12H13BrFN3/c1-2-3-8-6-11(17-15)9-4-7(13)5-10(14)12(9)16-8/h4-6H,2-3,15H2,1H3,(H,16,17). The lowest BCUT2D eigenvalue weighted by Gasteiger charge is -2.09. The lowest BCUT2D eigenvalue weighted by molar-refractivity contribution is 0.635. The quantitative estimate of drug-likeness (QED) is 0.674. The molecule has 1 aromatic heterocycles. The molecular weight excluding hydrogens is 285 g/mol. The van der Waals surface area contributed by atoms with Gasteiger partial charge in [-0.3, -0.25) is 5.84 Å². The number of pyridine rings is 1. The molecule has 17 heavy (non-hydrogen) atoms. The highest BCUT2D eigenvalue weighted by molar-refractivity contribution is 9.10. The molecule has 0 atom stereocenters. The molecule has 0 aliphatic rings. The van der Waals surface area contributed by atoms with E-state index in [1.54, 1.807) is 6.07 Å². The molecule has 0 fully saturated rings. The highest BCUT2D eigenvalue weighted by Crippen LogP contribution is 2.28. The number of nitrogens with two attached hydrogens (primary N) is 1. The van der Waals surface area contributed by atoms with Crippen LogP contribution in [-0.4, -0.2) is 4.98 Å². The van der Waals surface area contributed by atoms with E-state index in [0.717, 1.165) is 18.5 Å². The van der Waals surface area contributed by atoms with E-state index in [1.165, 1.54) is 6.07 Å². The number of hydrogen-bond acceptors (Lipinski definition) is 3. The van der Waals surface area contributed by atoms with Crippen molar-refractivity contribution in [3.05, 3.63) is 34.2 Å². The summed E-state index contributed by atoms with van der Waals surface area (Å²) in [7, 11) is 0. The topological polar surface area (TPSA) is 50.9 Å². The maximum absolute atomic E-state index is 13.8. The third-order valence-electron chi connectivity index (χ3n) is 2.55.